The number of nitrogens with zero attached hydrogens (tertiary/aromatic N) is 3. The lowest BCUT2D eigenvalue weighted by Gasteiger charge is -2.41. The van der Waals surface area contributed by atoms with Gasteiger partial charge in [-0.2, -0.15) is 0 Å². The summed E-state index contributed by atoms with van der Waals surface area (Å²) < 4.78 is 0. The van der Waals surface area contributed by atoms with Crippen molar-refractivity contribution in [1.82, 2.24) is 14.9 Å². The van der Waals surface area contributed by atoms with Gasteiger partial charge in [-0.1, -0.05) is 96.8 Å². The van der Waals surface area contributed by atoms with E-state index < -0.39 is 0 Å². The summed E-state index contributed by atoms with van der Waals surface area (Å²) in [6.07, 6.45) is 4.82. The average Bonchev–Trinajstić information content (AvgIpc) is 2.92. The number of pyridine rings is 2. The predicted octanol–water partition coefficient (Wildman–Crippen LogP) is 9.27. The Balaban J connectivity index is 1.53. The molecule has 4 heteroatoms. The molecule has 5 rings (SSSR count). The molecular formula is C38H50N4. The molecule has 1 aliphatic carbocycles. The van der Waals surface area contributed by atoms with Crippen molar-refractivity contribution >= 4 is 16.6 Å². The van der Waals surface area contributed by atoms with E-state index in [-0.39, 0.29) is 10.8 Å². The fraction of sp³-hybridized carbons (Fsp3) is 0.474. The van der Waals surface area contributed by atoms with E-state index in [0.29, 0.717) is 12.1 Å². The fourth-order valence-corrected chi connectivity index (χ4v) is 6.35. The Morgan fingerprint density at radius 2 is 1.40 bits per heavy atom. The highest BCUT2D eigenvalue weighted by Crippen LogP contribution is 2.34. The van der Waals surface area contributed by atoms with Crippen molar-refractivity contribution in [2.24, 2.45) is 0 Å². The smallest absolute Gasteiger partial charge is 0.0936 e. The Bertz CT molecular complexity index is 1490. The summed E-state index contributed by atoms with van der Waals surface area (Å²) in [7, 11) is 0. The molecule has 4 nitrogen and oxygen atoms in total. The van der Waals surface area contributed by atoms with Gasteiger partial charge in [0.2, 0.25) is 0 Å². The molecule has 42 heavy (non-hydrogen) atoms. The molecule has 1 fully saturated rings. The molecule has 0 amide bonds. The highest BCUT2D eigenvalue weighted by molar-refractivity contribution is 5.90. The molecule has 1 N–H and O–H groups in total. The van der Waals surface area contributed by atoms with Crippen LogP contribution in [0.3, 0.4) is 0 Å². The Morgan fingerprint density at radius 1 is 0.738 bits per heavy atom. The largest absolute Gasteiger partial charge is 0.379 e. The van der Waals surface area contributed by atoms with Crippen LogP contribution in [0.5, 0.6) is 0 Å². The zero-order valence-electron chi connectivity index (χ0n) is 27.1. The lowest BCUT2D eigenvalue weighted by molar-refractivity contribution is 0.127. The van der Waals surface area contributed by atoms with Gasteiger partial charge >= 0.3 is 0 Å². The monoisotopic (exact) mass is 562 g/mol. The van der Waals surface area contributed by atoms with Gasteiger partial charge in [0.1, 0.15) is 0 Å². The highest BCUT2D eigenvalue weighted by atomic mass is 15.2. The number of benzene rings is 2. The minimum Gasteiger partial charge on any atom is -0.379 e. The molecule has 2 aromatic heterocycles. The zero-order valence-corrected chi connectivity index (χ0v) is 27.1. The van der Waals surface area contributed by atoms with E-state index in [0.717, 1.165) is 47.8 Å². The van der Waals surface area contributed by atoms with Crippen molar-refractivity contribution in [2.45, 2.75) is 117 Å². The minimum atomic E-state index is 0.0906. The first-order valence-corrected chi connectivity index (χ1v) is 15.8. The second-order valence-electron chi connectivity index (χ2n) is 14.5. The molecule has 0 saturated heterocycles. The number of nitrogens with one attached hydrogen (secondary N) is 1. The SMILES string of the molecule is Cc1cccc(CN(Cc2cc(C(C)(C)C)cc(C(C)(C)C)c2)C2CCCCC2Nc2cccc3ccc(C)nc23)n1. The summed E-state index contributed by atoms with van der Waals surface area (Å²) in [5.74, 6) is 0. The van der Waals surface area contributed by atoms with Crippen LogP contribution in [0.15, 0.2) is 66.7 Å². The van der Waals surface area contributed by atoms with E-state index in [1.165, 1.54) is 41.3 Å². The van der Waals surface area contributed by atoms with E-state index in [1.54, 1.807) is 0 Å². The van der Waals surface area contributed by atoms with Gasteiger partial charge in [0, 0.05) is 41.9 Å². The molecule has 2 aromatic carbocycles. The van der Waals surface area contributed by atoms with E-state index in [9.17, 15) is 0 Å². The lowest BCUT2D eigenvalue weighted by Crippen LogP contribution is -2.48. The van der Waals surface area contributed by atoms with Crippen molar-refractivity contribution in [1.29, 1.82) is 0 Å². The molecule has 4 aromatic rings. The van der Waals surface area contributed by atoms with Crippen molar-refractivity contribution in [3.63, 3.8) is 0 Å². The molecule has 2 atom stereocenters. The number of hydrogen-bond acceptors (Lipinski definition) is 4. The molecule has 0 bridgehead atoms. The number of hydrogen-bond donors (Lipinski definition) is 1. The molecule has 0 radical (unpaired) electrons. The Hall–Kier alpha value is -3.24. The number of para-hydroxylation sites is 1. The van der Waals surface area contributed by atoms with Crippen LogP contribution >= 0.6 is 0 Å². The summed E-state index contributed by atoms with van der Waals surface area (Å²) >= 11 is 0. The lowest BCUT2D eigenvalue weighted by atomic mass is 9.79. The number of rotatable bonds is 7. The number of fused-ring (bicyclic) bond motifs is 1. The maximum Gasteiger partial charge on any atom is 0.0936 e. The topological polar surface area (TPSA) is 41.0 Å². The first kappa shape index (κ1) is 30.2. The standard InChI is InChI=1S/C38H50N4/c1-26-13-11-15-32(39-26)25-42(24-28-21-30(37(3,4)5)23-31(22-28)38(6,7)8)35-18-10-9-16-33(35)41-34-17-12-14-29-20-19-27(2)40-36(29)34/h11-15,17,19-23,33,35,41H,9-10,16,18,24-25H2,1-8H3. The van der Waals surface area contributed by atoms with Gasteiger partial charge in [-0.25, -0.2) is 0 Å². The normalized spacial score (nSPS) is 18.0. The van der Waals surface area contributed by atoms with Gasteiger partial charge in [0.05, 0.1) is 16.9 Å². The van der Waals surface area contributed by atoms with E-state index in [4.69, 9.17) is 9.97 Å². The quantitative estimate of drug-likeness (QED) is 0.244. The molecule has 0 spiro atoms. The van der Waals surface area contributed by atoms with Crippen LogP contribution < -0.4 is 5.32 Å². The second-order valence-corrected chi connectivity index (χ2v) is 14.5. The number of aryl methyl sites for hydroxylation is 2. The van der Waals surface area contributed by atoms with Crippen LogP contribution in [0.25, 0.3) is 10.9 Å². The number of anilines is 1. The van der Waals surface area contributed by atoms with Crippen molar-refractivity contribution in [2.75, 3.05) is 5.32 Å². The van der Waals surface area contributed by atoms with Crippen LogP contribution in [0, 0.1) is 13.8 Å². The van der Waals surface area contributed by atoms with Gasteiger partial charge in [0.25, 0.3) is 0 Å². The van der Waals surface area contributed by atoms with Crippen molar-refractivity contribution in [3.05, 3.63) is 101 Å². The van der Waals surface area contributed by atoms with Crippen LogP contribution in [-0.4, -0.2) is 27.0 Å². The average molecular weight is 563 g/mol. The molecular weight excluding hydrogens is 512 g/mol. The fourth-order valence-electron chi connectivity index (χ4n) is 6.35. The van der Waals surface area contributed by atoms with Crippen LogP contribution in [0.4, 0.5) is 5.69 Å². The van der Waals surface area contributed by atoms with Crippen LogP contribution in [0.1, 0.15) is 101 Å². The van der Waals surface area contributed by atoms with Crippen molar-refractivity contribution in [3.8, 4) is 0 Å². The summed E-state index contributed by atoms with van der Waals surface area (Å²) in [5, 5.41) is 5.20. The van der Waals surface area contributed by atoms with Gasteiger partial charge < -0.3 is 5.32 Å². The van der Waals surface area contributed by atoms with E-state index >= 15 is 0 Å². The molecule has 1 saturated carbocycles. The molecule has 2 unspecified atom stereocenters. The highest BCUT2D eigenvalue weighted by Gasteiger charge is 2.32. The second kappa shape index (κ2) is 12.2. The maximum absolute atomic E-state index is 4.95. The van der Waals surface area contributed by atoms with Crippen LogP contribution in [0.2, 0.25) is 0 Å². The summed E-state index contributed by atoms with van der Waals surface area (Å²) in [6.45, 7) is 19.9. The third-order valence-electron chi connectivity index (χ3n) is 8.82. The molecule has 2 heterocycles. The maximum atomic E-state index is 4.95. The third-order valence-corrected chi connectivity index (χ3v) is 8.82. The number of aromatic nitrogens is 2. The predicted molar refractivity (Wildman–Crippen MR) is 178 cm³/mol. The van der Waals surface area contributed by atoms with Crippen LogP contribution in [-0.2, 0) is 23.9 Å². The van der Waals surface area contributed by atoms with Gasteiger partial charge in [0.15, 0.2) is 0 Å². The van der Waals surface area contributed by atoms with Crippen molar-refractivity contribution < 1.29 is 0 Å². The van der Waals surface area contributed by atoms with E-state index in [1.807, 2.05) is 0 Å². The Labute approximate surface area is 254 Å². The summed E-state index contributed by atoms with van der Waals surface area (Å²) in [6, 6.07) is 25.3. The summed E-state index contributed by atoms with van der Waals surface area (Å²) in [5.41, 5.74) is 9.89. The zero-order chi connectivity index (χ0) is 30.1. The first-order chi connectivity index (χ1) is 19.9. The van der Waals surface area contributed by atoms with Gasteiger partial charge in [-0.15, -0.1) is 0 Å². The first-order valence-electron chi connectivity index (χ1n) is 15.8. The third kappa shape index (κ3) is 7.21. The Morgan fingerprint density at radius 3 is 2.10 bits per heavy atom. The molecule has 222 valence electrons. The molecule has 0 aliphatic heterocycles. The molecule has 1 aliphatic rings. The van der Waals surface area contributed by atoms with Gasteiger partial charge in [-0.05, 0) is 78.5 Å². The Kier molecular flexibility index (Phi) is 8.76. The van der Waals surface area contributed by atoms with E-state index in [2.05, 4.69) is 132 Å². The minimum absolute atomic E-state index is 0.0906. The summed E-state index contributed by atoms with van der Waals surface area (Å²) in [4.78, 5) is 12.6. The van der Waals surface area contributed by atoms with Gasteiger partial charge in [-0.3, -0.25) is 14.9 Å².